The van der Waals surface area contributed by atoms with Crippen molar-refractivity contribution < 1.29 is 19.4 Å². The van der Waals surface area contributed by atoms with Crippen LogP contribution in [0.15, 0.2) is 42.5 Å². The molecule has 0 atom stereocenters. The molecule has 114 valence electrons. The number of halogens is 1. The predicted octanol–water partition coefficient (Wildman–Crippen LogP) is 3.15. The Morgan fingerprint density at radius 1 is 1.18 bits per heavy atom. The van der Waals surface area contributed by atoms with Crippen molar-refractivity contribution in [2.45, 2.75) is 6.92 Å². The molecule has 0 aliphatic heterocycles. The summed E-state index contributed by atoms with van der Waals surface area (Å²) in [4.78, 5) is 23.6. The van der Waals surface area contributed by atoms with Gasteiger partial charge in [0.2, 0.25) is 0 Å². The minimum Gasteiger partial charge on any atom is -0.507 e. The quantitative estimate of drug-likeness (QED) is 0.849. The Balaban J connectivity index is 1.95. The zero-order valence-electron chi connectivity index (χ0n) is 11.8. The average molecular weight is 320 g/mol. The molecular weight excluding hydrogens is 306 g/mol. The molecule has 5 nitrogen and oxygen atoms in total. The number of hydrogen-bond donors (Lipinski definition) is 2. The predicted molar refractivity (Wildman–Crippen MR) is 83.2 cm³/mol. The first-order valence-electron chi connectivity index (χ1n) is 6.49. The Kier molecular flexibility index (Phi) is 5.01. The molecule has 1 amide bonds. The molecule has 2 rings (SSSR count). The summed E-state index contributed by atoms with van der Waals surface area (Å²) in [5, 5.41) is 12.7. The molecule has 0 aliphatic carbocycles. The number of phenols is 1. The molecule has 0 radical (unpaired) electrons. The molecule has 0 aliphatic rings. The molecule has 2 N–H and O–H groups in total. The number of benzene rings is 2. The number of carbonyl (C=O) groups excluding carboxylic acids is 2. The van der Waals surface area contributed by atoms with E-state index in [4.69, 9.17) is 16.3 Å². The van der Waals surface area contributed by atoms with E-state index in [2.05, 4.69) is 5.32 Å². The van der Waals surface area contributed by atoms with Crippen LogP contribution in [0.5, 0.6) is 5.75 Å². The van der Waals surface area contributed by atoms with Crippen LogP contribution in [-0.4, -0.2) is 23.6 Å². The molecule has 6 heteroatoms. The van der Waals surface area contributed by atoms with Gasteiger partial charge in [-0.3, -0.25) is 4.79 Å². The van der Waals surface area contributed by atoms with Crippen molar-refractivity contribution in [3.63, 3.8) is 0 Å². The lowest BCUT2D eigenvalue weighted by Gasteiger charge is -2.10. The van der Waals surface area contributed by atoms with Gasteiger partial charge in [0.25, 0.3) is 5.91 Å². The molecule has 0 heterocycles. The van der Waals surface area contributed by atoms with Crippen LogP contribution in [-0.2, 0) is 9.53 Å². The molecule has 2 aromatic rings. The second-order valence-corrected chi connectivity index (χ2v) is 4.96. The van der Waals surface area contributed by atoms with Gasteiger partial charge in [-0.2, -0.15) is 0 Å². The number of amides is 1. The highest BCUT2D eigenvalue weighted by molar-refractivity contribution is 6.31. The summed E-state index contributed by atoms with van der Waals surface area (Å²) < 4.78 is 4.87. The summed E-state index contributed by atoms with van der Waals surface area (Å²) in [6.45, 7) is 1.31. The number of hydrogen-bond acceptors (Lipinski definition) is 4. The van der Waals surface area contributed by atoms with Crippen molar-refractivity contribution in [2.24, 2.45) is 0 Å². The van der Waals surface area contributed by atoms with Crippen LogP contribution in [0, 0.1) is 6.92 Å². The SMILES string of the molecule is Cc1c(Cl)cccc1NC(=O)COC(=O)c1ccccc1O. The molecule has 0 bridgehead atoms. The normalized spacial score (nSPS) is 10.1. The van der Waals surface area contributed by atoms with E-state index in [1.807, 2.05) is 0 Å². The number of nitrogens with one attached hydrogen (secondary N) is 1. The molecule has 0 unspecified atom stereocenters. The van der Waals surface area contributed by atoms with E-state index in [9.17, 15) is 14.7 Å². The maximum Gasteiger partial charge on any atom is 0.342 e. The third-order valence-electron chi connectivity index (χ3n) is 3.00. The van der Waals surface area contributed by atoms with Crippen molar-refractivity contribution in [3.8, 4) is 5.75 Å². The maximum absolute atomic E-state index is 11.8. The van der Waals surface area contributed by atoms with E-state index in [0.717, 1.165) is 5.56 Å². The summed E-state index contributed by atoms with van der Waals surface area (Å²) in [7, 11) is 0. The minimum atomic E-state index is -0.768. The van der Waals surface area contributed by atoms with Gasteiger partial charge < -0.3 is 15.2 Å². The van der Waals surface area contributed by atoms with Crippen LogP contribution in [0.1, 0.15) is 15.9 Å². The van der Waals surface area contributed by atoms with Crippen LogP contribution in [0.4, 0.5) is 5.69 Å². The Morgan fingerprint density at radius 2 is 1.91 bits per heavy atom. The number of esters is 1. The summed E-state index contributed by atoms with van der Waals surface area (Å²) in [5.74, 6) is -1.45. The lowest BCUT2D eigenvalue weighted by atomic mass is 10.2. The van der Waals surface area contributed by atoms with E-state index in [0.29, 0.717) is 10.7 Å². The minimum absolute atomic E-state index is 0.00855. The van der Waals surface area contributed by atoms with Gasteiger partial charge in [-0.1, -0.05) is 29.8 Å². The Hall–Kier alpha value is -2.53. The van der Waals surface area contributed by atoms with Gasteiger partial charge in [0.1, 0.15) is 11.3 Å². The Bertz CT molecular complexity index is 715. The number of rotatable bonds is 4. The average Bonchev–Trinajstić information content (AvgIpc) is 2.50. The van der Waals surface area contributed by atoms with Gasteiger partial charge in [-0.05, 0) is 36.8 Å². The molecule has 22 heavy (non-hydrogen) atoms. The second kappa shape index (κ2) is 6.95. The topological polar surface area (TPSA) is 75.6 Å². The number of para-hydroxylation sites is 1. The van der Waals surface area contributed by atoms with Crippen molar-refractivity contribution in [3.05, 3.63) is 58.6 Å². The van der Waals surface area contributed by atoms with Gasteiger partial charge in [0, 0.05) is 10.7 Å². The van der Waals surface area contributed by atoms with Crippen molar-refractivity contribution in [1.82, 2.24) is 0 Å². The van der Waals surface area contributed by atoms with Crippen LogP contribution < -0.4 is 5.32 Å². The summed E-state index contributed by atoms with van der Waals surface area (Å²) >= 11 is 5.96. The Morgan fingerprint density at radius 3 is 2.64 bits per heavy atom. The molecule has 2 aromatic carbocycles. The first kappa shape index (κ1) is 15.9. The maximum atomic E-state index is 11.8. The molecular formula is C16H14ClNO4. The fourth-order valence-electron chi connectivity index (χ4n) is 1.78. The highest BCUT2D eigenvalue weighted by Gasteiger charge is 2.14. The fraction of sp³-hybridized carbons (Fsp3) is 0.125. The third kappa shape index (κ3) is 3.77. The molecule has 0 aromatic heterocycles. The summed E-state index contributed by atoms with van der Waals surface area (Å²) in [5.41, 5.74) is 1.29. The van der Waals surface area contributed by atoms with Crippen LogP contribution in [0.25, 0.3) is 0 Å². The zero-order valence-corrected chi connectivity index (χ0v) is 12.6. The number of carbonyl (C=O) groups is 2. The lowest BCUT2D eigenvalue weighted by molar-refractivity contribution is -0.119. The lowest BCUT2D eigenvalue weighted by Crippen LogP contribution is -2.21. The number of aromatic hydroxyl groups is 1. The van der Waals surface area contributed by atoms with Gasteiger partial charge in [0.05, 0.1) is 0 Å². The smallest absolute Gasteiger partial charge is 0.342 e. The summed E-state index contributed by atoms with van der Waals surface area (Å²) in [6, 6.07) is 11.1. The third-order valence-corrected chi connectivity index (χ3v) is 3.41. The van der Waals surface area contributed by atoms with E-state index >= 15 is 0 Å². The van der Waals surface area contributed by atoms with E-state index in [1.165, 1.54) is 12.1 Å². The van der Waals surface area contributed by atoms with Crippen LogP contribution >= 0.6 is 11.6 Å². The van der Waals surface area contributed by atoms with E-state index < -0.39 is 18.5 Å². The highest BCUT2D eigenvalue weighted by atomic mass is 35.5. The first-order valence-corrected chi connectivity index (χ1v) is 6.87. The first-order chi connectivity index (χ1) is 10.5. The van der Waals surface area contributed by atoms with Crippen molar-refractivity contribution in [2.75, 3.05) is 11.9 Å². The van der Waals surface area contributed by atoms with Crippen molar-refractivity contribution in [1.29, 1.82) is 0 Å². The summed E-state index contributed by atoms with van der Waals surface area (Å²) in [6.07, 6.45) is 0. The molecule has 0 spiro atoms. The largest absolute Gasteiger partial charge is 0.507 e. The highest BCUT2D eigenvalue weighted by Crippen LogP contribution is 2.23. The van der Waals surface area contributed by atoms with Crippen LogP contribution in [0.3, 0.4) is 0 Å². The van der Waals surface area contributed by atoms with Crippen molar-refractivity contribution >= 4 is 29.2 Å². The second-order valence-electron chi connectivity index (χ2n) is 4.55. The molecule has 0 fully saturated rings. The molecule has 0 saturated carbocycles. The number of phenolic OH excluding ortho intramolecular Hbond substituents is 1. The van der Waals surface area contributed by atoms with Gasteiger partial charge in [-0.25, -0.2) is 4.79 Å². The van der Waals surface area contributed by atoms with Crippen LogP contribution in [0.2, 0.25) is 5.02 Å². The van der Waals surface area contributed by atoms with E-state index in [1.54, 1.807) is 37.3 Å². The number of ether oxygens (including phenoxy) is 1. The fourth-order valence-corrected chi connectivity index (χ4v) is 1.96. The monoisotopic (exact) mass is 319 g/mol. The van der Waals surface area contributed by atoms with Gasteiger partial charge in [0.15, 0.2) is 6.61 Å². The Labute approximate surface area is 132 Å². The number of anilines is 1. The van der Waals surface area contributed by atoms with Gasteiger partial charge >= 0.3 is 5.97 Å². The molecule has 0 saturated heterocycles. The van der Waals surface area contributed by atoms with E-state index in [-0.39, 0.29) is 11.3 Å². The standard InChI is InChI=1S/C16H14ClNO4/c1-10-12(17)6-4-7-13(10)18-15(20)9-22-16(21)11-5-2-3-8-14(11)19/h2-8,19H,9H2,1H3,(H,18,20). The van der Waals surface area contributed by atoms with Gasteiger partial charge in [-0.15, -0.1) is 0 Å². The zero-order chi connectivity index (χ0) is 16.1.